The molecule has 1 aromatic heterocycles. The maximum atomic E-state index is 13.0. The first kappa shape index (κ1) is 21.7. The van der Waals surface area contributed by atoms with Crippen LogP contribution in [0.4, 0.5) is 0 Å². The molecule has 1 aliphatic heterocycles. The van der Waals surface area contributed by atoms with Gasteiger partial charge in [0.05, 0.1) is 10.9 Å². The van der Waals surface area contributed by atoms with Crippen molar-refractivity contribution in [3.8, 4) is 11.5 Å². The van der Waals surface area contributed by atoms with Crippen LogP contribution in [-0.4, -0.2) is 54.0 Å². The van der Waals surface area contributed by atoms with Gasteiger partial charge in [0, 0.05) is 31.7 Å². The van der Waals surface area contributed by atoms with Gasteiger partial charge >= 0.3 is 0 Å². The van der Waals surface area contributed by atoms with Crippen LogP contribution in [-0.2, 0) is 16.4 Å². The van der Waals surface area contributed by atoms with Gasteiger partial charge in [-0.15, -0.1) is 10.2 Å². The molecule has 31 heavy (non-hydrogen) atoms. The van der Waals surface area contributed by atoms with Crippen LogP contribution in [0.3, 0.4) is 0 Å². The quantitative estimate of drug-likeness (QED) is 0.557. The number of nitrogens with zero attached hydrogens (tertiary/aromatic N) is 4. The van der Waals surface area contributed by atoms with Gasteiger partial charge < -0.3 is 4.42 Å². The third-order valence-electron chi connectivity index (χ3n) is 5.74. The van der Waals surface area contributed by atoms with Gasteiger partial charge in [0.2, 0.25) is 21.8 Å². The second-order valence-electron chi connectivity index (χ2n) is 7.82. The molecule has 3 aromatic rings. The lowest BCUT2D eigenvalue weighted by Crippen LogP contribution is -2.49. The van der Waals surface area contributed by atoms with Crippen LogP contribution < -0.4 is 0 Å². The summed E-state index contributed by atoms with van der Waals surface area (Å²) in [6.07, 6.45) is 2.00. The van der Waals surface area contributed by atoms with Gasteiger partial charge in [0.1, 0.15) is 0 Å². The average molecular weight is 441 g/mol. The molecule has 0 radical (unpaired) electrons. The fraction of sp³-hybridized carbons (Fsp3) is 0.391. The van der Waals surface area contributed by atoms with Crippen LogP contribution in [0.15, 0.2) is 63.9 Å². The molecule has 1 unspecified atom stereocenters. The molecule has 2 heterocycles. The van der Waals surface area contributed by atoms with E-state index in [2.05, 4.69) is 22.0 Å². The molecule has 1 saturated heterocycles. The smallest absolute Gasteiger partial charge is 0.247 e. The van der Waals surface area contributed by atoms with E-state index in [-0.39, 0.29) is 6.04 Å². The summed E-state index contributed by atoms with van der Waals surface area (Å²) in [7, 11) is -3.48. The Balaban J connectivity index is 1.39. The molecule has 164 valence electrons. The predicted octanol–water partition coefficient (Wildman–Crippen LogP) is 3.76. The molecule has 0 aliphatic carbocycles. The van der Waals surface area contributed by atoms with Crippen molar-refractivity contribution < 1.29 is 12.8 Å². The molecule has 0 spiro atoms. The maximum absolute atomic E-state index is 13.0. The average Bonchev–Trinajstić information content (AvgIpc) is 3.30. The van der Waals surface area contributed by atoms with Crippen LogP contribution in [0.1, 0.15) is 37.8 Å². The Hall–Kier alpha value is -2.55. The molecule has 2 aromatic carbocycles. The molecule has 0 saturated carbocycles. The molecule has 4 rings (SSSR count). The predicted molar refractivity (Wildman–Crippen MR) is 119 cm³/mol. The highest BCUT2D eigenvalue weighted by molar-refractivity contribution is 7.89. The van der Waals surface area contributed by atoms with Gasteiger partial charge in [0.15, 0.2) is 0 Å². The molecule has 1 fully saturated rings. The zero-order chi connectivity index (χ0) is 21.8. The maximum Gasteiger partial charge on any atom is 0.247 e. The van der Waals surface area contributed by atoms with E-state index in [4.69, 9.17) is 4.42 Å². The standard InChI is InChI=1S/C23H28N4O3S/c1-3-7-19-10-12-21(13-11-19)31(28,29)27-16-14-26(15-17-27)18(2)22-24-25-23(30-22)20-8-5-4-6-9-20/h4-6,8-13,18H,3,7,14-17H2,1-2H3. The molecule has 1 aliphatic rings. The lowest BCUT2D eigenvalue weighted by atomic mass is 10.1. The Morgan fingerprint density at radius 2 is 1.65 bits per heavy atom. The van der Waals surface area contributed by atoms with Crippen LogP contribution in [0.25, 0.3) is 11.5 Å². The Kier molecular flexibility index (Phi) is 6.50. The van der Waals surface area contributed by atoms with Gasteiger partial charge in [-0.2, -0.15) is 4.31 Å². The second-order valence-corrected chi connectivity index (χ2v) is 9.76. The number of piperazine rings is 1. The van der Waals surface area contributed by atoms with Crippen molar-refractivity contribution >= 4 is 10.0 Å². The Morgan fingerprint density at radius 3 is 2.29 bits per heavy atom. The Morgan fingerprint density at radius 1 is 0.968 bits per heavy atom. The van der Waals surface area contributed by atoms with Crippen molar-refractivity contribution in [3.63, 3.8) is 0 Å². The molecule has 7 nitrogen and oxygen atoms in total. The van der Waals surface area contributed by atoms with Crippen molar-refractivity contribution in [2.75, 3.05) is 26.2 Å². The summed E-state index contributed by atoms with van der Waals surface area (Å²) < 4.78 is 33.5. The van der Waals surface area contributed by atoms with Gasteiger partial charge in [-0.25, -0.2) is 8.42 Å². The molecule has 1 atom stereocenters. The highest BCUT2D eigenvalue weighted by Gasteiger charge is 2.31. The number of benzene rings is 2. The first-order chi connectivity index (χ1) is 15.0. The minimum atomic E-state index is -3.48. The molecular weight excluding hydrogens is 412 g/mol. The molecule has 0 amide bonds. The van der Waals surface area contributed by atoms with Crippen molar-refractivity contribution in [1.82, 2.24) is 19.4 Å². The summed E-state index contributed by atoms with van der Waals surface area (Å²) in [6.45, 7) is 6.21. The molecular formula is C23H28N4O3S. The topological polar surface area (TPSA) is 79.5 Å². The largest absolute Gasteiger partial charge is 0.419 e. The number of aryl methyl sites for hydroxylation is 1. The fourth-order valence-corrected chi connectivity index (χ4v) is 5.28. The van der Waals surface area contributed by atoms with Crippen LogP contribution in [0.2, 0.25) is 0 Å². The summed E-state index contributed by atoms with van der Waals surface area (Å²) in [4.78, 5) is 2.54. The minimum absolute atomic E-state index is 0.0804. The van der Waals surface area contributed by atoms with E-state index >= 15 is 0 Å². The van der Waals surface area contributed by atoms with Crippen molar-refractivity contribution in [2.45, 2.75) is 37.6 Å². The van der Waals surface area contributed by atoms with Gasteiger partial charge in [-0.05, 0) is 43.2 Å². The van der Waals surface area contributed by atoms with Crippen LogP contribution in [0.5, 0.6) is 0 Å². The molecule has 8 heteroatoms. The van der Waals surface area contributed by atoms with E-state index in [9.17, 15) is 8.42 Å². The first-order valence-electron chi connectivity index (χ1n) is 10.7. The summed E-state index contributed by atoms with van der Waals surface area (Å²) in [5, 5.41) is 8.38. The van der Waals surface area contributed by atoms with Gasteiger partial charge in [-0.1, -0.05) is 43.7 Å². The Labute approximate surface area is 183 Å². The normalized spacial score (nSPS) is 17.0. The number of hydrogen-bond donors (Lipinski definition) is 0. The third-order valence-corrected chi connectivity index (χ3v) is 7.65. The second kappa shape index (κ2) is 9.30. The van der Waals surface area contributed by atoms with E-state index in [0.717, 1.165) is 24.0 Å². The van der Waals surface area contributed by atoms with E-state index in [1.165, 1.54) is 0 Å². The number of hydrogen-bond acceptors (Lipinski definition) is 6. The third kappa shape index (κ3) is 4.71. The molecule has 0 bridgehead atoms. The van der Waals surface area contributed by atoms with E-state index in [1.807, 2.05) is 49.4 Å². The summed E-state index contributed by atoms with van der Waals surface area (Å²) >= 11 is 0. The highest BCUT2D eigenvalue weighted by atomic mass is 32.2. The van der Waals surface area contributed by atoms with Crippen LogP contribution >= 0.6 is 0 Å². The van der Waals surface area contributed by atoms with Crippen LogP contribution in [0, 0.1) is 0 Å². The SMILES string of the molecule is CCCc1ccc(S(=O)(=O)N2CCN(C(C)c3nnc(-c4ccccc4)o3)CC2)cc1. The number of sulfonamides is 1. The fourth-order valence-electron chi connectivity index (χ4n) is 3.85. The summed E-state index contributed by atoms with van der Waals surface area (Å²) in [5.74, 6) is 1.04. The zero-order valence-electron chi connectivity index (χ0n) is 17.9. The first-order valence-corrected chi connectivity index (χ1v) is 12.1. The number of aromatic nitrogens is 2. The zero-order valence-corrected chi connectivity index (χ0v) is 18.8. The van der Waals surface area contributed by atoms with Gasteiger partial charge in [-0.3, -0.25) is 4.90 Å². The van der Waals surface area contributed by atoms with Gasteiger partial charge in [0.25, 0.3) is 0 Å². The lowest BCUT2D eigenvalue weighted by Gasteiger charge is -2.36. The van der Waals surface area contributed by atoms with Crippen molar-refractivity contribution in [1.29, 1.82) is 0 Å². The summed E-state index contributed by atoms with van der Waals surface area (Å²) in [5.41, 5.74) is 2.05. The van der Waals surface area contributed by atoms with Crippen molar-refractivity contribution in [3.05, 3.63) is 66.1 Å². The molecule has 0 N–H and O–H groups in total. The monoisotopic (exact) mass is 440 g/mol. The lowest BCUT2D eigenvalue weighted by molar-refractivity contribution is 0.129. The van der Waals surface area contributed by atoms with Crippen molar-refractivity contribution in [2.24, 2.45) is 0 Å². The highest BCUT2D eigenvalue weighted by Crippen LogP contribution is 2.26. The van der Waals surface area contributed by atoms with E-state index in [1.54, 1.807) is 16.4 Å². The summed E-state index contributed by atoms with van der Waals surface area (Å²) in [6, 6.07) is 16.8. The number of rotatable bonds is 7. The minimum Gasteiger partial charge on any atom is -0.419 e. The van der Waals surface area contributed by atoms with E-state index < -0.39 is 10.0 Å². The Bertz CT molecular complexity index is 1090. The van der Waals surface area contributed by atoms with E-state index in [0.29, 0.717) is 42.9 Å².